The molecule has 0 radical (unpaired) electrons. The zero-order valence-corrected chi connectivity index (χ0v) is 17.1. The van der Waals surface area contributed by atoms with Crippen LogP contribution in [0.1, 0.15) is 46.0 Å². The molecule has 2 aromatic carbocycles. The van der Waals surface area contributed by atoms with Crippen LogP contribution in [0.3, 0.4) is 0 Å². The number of rotatable bonds is 6. The summed E-state index contributed by atoms with van der Waals surface area (Å²) in [5, 5.41) is 11.3. The molecule has 2 aromatic rings. The maximum absolute atomic E-state index is 13.1. The average Bonchev–Trinajstić information content (AvgIpc) is 2.87. The van der Waals surface area contributed by atoms with Crippen molar-refractivity contribution in [1.82, 2.24) is 0 Å². The highest BCUT2D eigenvalue weighted by atomic mass is 16.5. The summed E-state index contributed by atoms with van der Waals surface area (Å²) in [4.78, 5) is 39.3. The highest BCUT2D eigenvalue weighted by Gasteiger charge is 2.51. The number of Topliss-reactive ketones (excluding diaryl/α,β-unsaturated/α-hetero) is 1. The van der Waals surface area contributed by atoms with Gasteiger partial charge in [0.25, 0.3) is 5.91 Å². The van der Waals surface area contributed by atoms with Crippen molar-refractivity contribution in [3.63, 3.8) is 0 Å². The first kappa shape index (κ1) is 20.7. The number of para-hydroxylation sites is 1. The lowest BCUT2D eigenvalue weighted by molar-refractivity contribution is -0.144. The molecule has 0 aliphatic carbocycles. The molecule has 0 saturated heterocycles. The Morgan fingerprint density at radius 3 is 2.41 bits per heavy atom. The molecule has 1 aliphatic heterocycles. The first-order valence-electron chi connectivity index (χ1n) is 9.59. The SMILES string of the molecule is CCOC(=O)CN1C(=O)[C@@](O)(CC(=O)c2cc(C)c(C)cc2C)c2ccccc21. The molecular weight excluding hydrogens is 370 g/mol. The first-order valence-corrected chi connectivity index (χ1v) is 9.59. The molecule has 6 heteroatoms. The van der Waals surface area contributed by atoms with E-state index in [9.17, 15) is 19.5 Å². The van der Waals surface area contributed by atoms with Crippen LogP contribution in [0.15, 0.2) is 36.4 Å². The number of anilines is 1. The van der Waals surface area contributed by atoms with Crippen LogP contribution in [-0.4, -0.2) is 35.9 Å². The summed E-state index contributed by atoms with van der Waals surface area (Å²) in [6.07, 6.45) is -0.397. The van der Waals surface area contributed by atoms with Crippen molar-refractivity contribution in [3.05, 3.63) is 64.2 Å². The van der Waals surface area contributed by atoms with Crippen molar-refractivity contribution in [2.45, 2.75) is 39.7 Å². The fourth-order valence-corrected chi connectivity index (χ4v) is 3.76. The number of carbonyl (C=O) groups is 3. The lowest BCUT2D eigenvalue weighted by Gasteiger charge is -2.23. The second-order valence-electron chi connectivity index (χ2n) is 7.43. The first-order chi connectivity index (χ1) is 13.7. The largest absolute Gasteiger partial charge is 0.465 e. The standard InChI is InChI=1S/C23H25NO5/c1-5-29-21(26)13-24-19-9-7-6-8-18(19)23(28,22(24)27)12-20(25)17-11-15(3)14(2)10-16(17)4/h6-11,28H,5,12-13H2,1-4H3/t23-/m1/s1. The van der Waals surface area contributed by atoms with Gasteiger partial charge < -0.3 is 9.84 Å². The number of carbonyl (C=O) groups excluding carboxylic acids is 3. The normalized spacial score (nSPS) is 18.0. The molecule has 1 amide bonds. The number of nitrogens with zero attached hydrogens (tertiary/aromatic N) is 1. The molecule has 0 bridgehead atoms. The Morgan fingerprint density at radius 2 is 1.72 bits per heavy atom. The van der Waals surface area contributed by atoms with Crippen LogP contribution < -0.4 is 4.90 Å². The maximum Gasteiger partial charge on any atom is 0.326 e. The number of fused-ring (bicyclic) bond motifs is 1. The van der Waals surface area contributed by atoms with Crippen molar-refractivity contribution >= 4 is 23.3 Å². The van der Waals surface area contributed by atoms with Crippen LogP contribution >= 0.6 is 0 Å². The lowest BCUT2D eigenvalue weighted by Crippen LogP contribution is -2.44. The minimum absolute atomic E-state index is 0.192. The van der Waals surface area contributed by atoms with Gasteiger partial charge in [0.1, 0.15) is 6.54 Å². The average molecular weight is 395 g/mol. The fraction of sp³-hybridized carbons (Fsp3) is 0.348. The molecule has 29 heavy (non-hydrogen) atoms. The highest BCUT2D eigenvalue weighted by Crippen LogP contribution is 2.43. The molecule has 0 aromatic heterocycles. The smallest absolute Gasteiger partial charge is 0.326 e. The summed E-state index contributed by atoms with van der Waals surface area (Å²) in [6.45, 7) is 7.27. The molecule has 0 fully saturated rings. The van der Waals surface area contributed by atoms with Gasteiger partial charge >= 0.3 is 5.97 Å². The van der Waals surface area contributed by atoms with Crippen LogP contribution in [0.25, 0.3) is 0 Å². The quantitative estimate of drug-likeness (QED) is 0.600. The molecule has 1 atom stereocenters. The van der Waals surface area contributed by atoms with Gasteiger partial charge in [-0.1, -0.05) is 24.3 Å². The van der Waals surface area contributed by atoms with E-state index in [0.29, 0.717) is 16.8 Å². The van der Waals surface area contributed by atoms with Crippen LogP contribution in [0.2, 0.25) is 0 Å². The van der Waals surface area contributed by atoms with E-state index in [2.05, 4.69) is 0 Å². The molecule has 0 saturated carbocycles. The molecule has 1 aliphatic rings. The van der Waals surface area contributed by atoms with E-state index in [-0.39, 0.29) is 18.9 Å². The summed E-state index contributed by atoms with van der Waals surface area (Å²) in [7, 11) is 0. The number of ketones is 1. The van der Waals surface area contributed by atoms with E-state index in [1.54, 1.807) is 37.3 Å². The summed E-state index contributed by atoms with van der Waals surface area (Å²) in [5.74, 6) is -1.59. The van der Waals surface area contributed by atoms with E-state index in [1.165, 1.54) is 4.90 Å². The Balaban J connectivity index is 1.96. The summed E-state index contributed by atoms with van der Waals surface area (Å²) < 4.78 is 4.94. The van der Waals surface area contributed by atoms with Crippen LogP contribution in [-0.2, 0) is 19.9 Å². The Morgan fingerprint density at radius 1 is 1.07 bits per heavy atom. The van der Waals surface area contributed by atoms with Crippen LogP contribution in [0, 0.1) is 20.8 Å². The van der Waals surface area contributed by atoms with E-state index in [4.69, 9.17) is 4.74 Å². The summed E-state index contributed by atoms with van der Waals surface area (Å²) in [5.41, 5.74) is 2.03. The third kappa shape index (κ3) is 3.68. The van der Waals surface area contributed by atoms with Crippen molar-refractivity contribution < 1.29 is 24.2 Å². The second kappa shape index (κ2) is 7.79. The Labute approximate surface area is 170 Å². The molecule has 1 N–H and O–H groups in total. The zero-order chi connectivity index (χ0) is 21.3. The topological polar surface area (TPSA) is 83.9 Å². The molecule has 0 spiro atoms. The van der Waals surface area contributed by atoms with E-state index >= 15 is 0 Å². The minimum Gasteiger partial charge on any atom is -0.465 e. The van der Waals surface area contributed by atoms with Crippen molar-refractivity contribution in [2.75, 3.05) is 18.1 Å². The number of ether oxygens (including phenoxy) is 1. The van der Waals surface area contributed by atoms with Gasteiger partial charge in [-0.05, 0) is 56.5 Å². The number of benzene rings is 2. The van der Waals surface area contributed by atoms with E-state index < -0.39 is 23.9 Å². The van der Waals surface area contributed by atoms with Crippen molar-refractivity contribution in [2.24, 2.45) is 0 Å². The summed E-state index contributed by atoms with van der Waals surface area (Å²) in [6, 6.07) is 10.4. The third-order valence-corrected chi connectivity index (χ3v) is 5.39. The number of hydrogen-bond donors (Lipinski definition) is 1. The molecule has 6 nitrogen and oxygen atoms in total. The molecule has 1 heterocycles. The Hall–Kier alpha value is -2.99. The van der Waals surface area contributed by atoms with Crippen molar-refractivity contribution in [3.8, 4) is 0 Å². The molecular formula is C23H25NO5. The predicted octanol–water partition coefficient (Wildman–Crippen LogP) is 2.98. The number of aryl methyl sites for hydroxylation is 3. The van der Waals surface area contributed by atoms with Gasteiger partial charge in [0.05, 0.1) is 18.7 Å². The van der Waals surface area contributed by atoms with Gasteiger partial charge in [0, 0.05) is 11.1 Å². The number of esters is 1. The third-order valence-electron chi connectivity index (χ3n) is 5.39. The van der Waals surface area contributed by atoms with Gasteiger partial charge in [-0.15, -0.1) is 0 Å². The molecule has 0 unspecified atom stereocenters. The number of amides is 1. The maximum atomic E-state index is 13.1. The van der Waals surface area contributed by atoms with Gasteiger partial charge in [0.2, 0.25) is 0 Å². The number of hydrogen-bond acceptors (Lipinski definition) is 5. The summed E-state index contributed by atoms with van der Waals surface area (Å²) >= 11 is 0. The monoisotopic (exact) mass is 395 g/mol. The van der Waals surface area contributed by atoms with Gasteiger partial charge in [-0.3, -0.25) is 19.3 Å². The van der Waals surface area contributed by atoms with E-state index in [0.717, 1.165) is 16.7 Å². The molecule has 3 rings (SSSR count). The van der Waals surface area contributed by atoms with Crippen LogP contribution in [0.5, 0.6) is 0 Å². The van der Waals surface area contributed by atoms with Gasteiger partial charge in [-0.2, -0.15) is 0 Å². The van der Waals surface area contributed by atoms with E-state index in [1.807, 2.05) is 26.8 Å². The van der Waals surface area contributed by atoms with Gasteiger partial charge in [0.15, 0.2) is 11.4 Å². The second-order valence-corrected chi connectivity index (χ2v) is 7.43. The van der Waals surface area contributed by atoms with Gasteiger partial charge in [-0.25, -0.2) is 0 Å². The Bertz CT molecular complexity index is 997. The lowest BCUT2D eigenvalue weighted by atomic mass is 9.86. The number of aliphatic hydroxyl groups is 1. The molecule has 152 valence electrons. The Kier molecular flexibility index (Phi) is 5.57. The fourth-order valence-electron chi connectivity index (χ4n) is 3.76. The van der Waals surface area contributed by atoms with Crippen molar-refractivity contribution in [1.29, 1.82) is 0 Å². The zero-order valence-electron chi connectivity index (χ0n) is 17.1. The van der Waals surface area contributed by atoms with Crippen LogP contribution in [0.4, 0.5) is 5.69 Å². The predicted molar refractivity (Wildman–Crippen MR) is 109 cm³/mol. The highest BCUT2D eigenvalue weighted by molar-refractivity contribution is 6.12. The minimum atomic E-state index is -2.02.